The maximum atomic E-state index is 5.91. The van der Waals surface area contributed by atoms with Crippen LogP contribution in [0, 0.1) is 0 Å². The van der Waals surface area contributed by atoms with Gasteiger partial charge in [0.15, 0.2) is 0 Å². The summed E-state index contributed by atoms with van der Waals surface area (Å²) in [4.78, 5) is 9.73. The maximum absolute atomic E-state index is 5.91. The van der Waals surface area contributed by atoms with Crippen LogP contribution in [-0.2, 0) is 6.42 Å². The van der Waals surface area contributed by atoms with Gasteiger partial charge in [-0.1, -0.05) is 26.3 Å². The molecule has 4 nitrogen and oxygen atoms in total. The minimum Gasteiger partial charge on any atom is -0.383 e. The summed E-state index contributed by atoms with van der Waals surface area (Å²) in [6, 6.07) is 4.54. The van der Waals surface area contributed by atoms with Gasteiger partial charge in [-0.05, 0) is 24.3 Å². The Morgan fingerprint density at radius 1 is 1.37 bits per heavy atom. The topological polar surface area (TPSA) is 63.8 Å². The lowest BCUT2D eigenvalue weighted by Gasteiger charge is -2.19. The molecule has 0 aliphatic rings. The molecule has 2 aromatic heterocycles. The number of hydrogen-bond acceptors (Lipinski definition) is 5. The number of nitrogen functional groups attached to an aromatic ring is 1. The number of aromatic nitrogens is 2. The summed E-state index contributed by atoms with van der Waals surface area (Å²) in [5.41, 5.74) is 6.91. The molecule has 0 aliphatic carbocycles. The first-order valence-corrected chi connectivity index (χ1v) is 7.53. The van der Waals surface area contributed by atoms with Crippen LogP contribution in [-0.4, -0.2) is 9.97 Å². The van der Waals surface area contributed by atoms with Crippen LogP contribution in [0.15, 0.2) is 23.8 Å². The van der Waals surface area contributed by atoms with E-state index in [1.54, 1.807) is 11.3 Å². The van der Waals surface area contributed by atoms with Gasteiger partial charge in [-0.3, -0.25) is 0 Å². The number of thiophene rings is 1. The summed E-state index contributed by atoms with van der Waals surface area (Å²) < 4.78 is 0. The number of nitrogens with two attached hydrogens (primary N) is 1. The Hall–Kier alpha value is -1.62. The van der Waals surface area contributed by atoms with Crippen LogP contribution in [0.1, 0.15) is 43.2 Å². The second-order valence-corrected chi connectivity index (χ2v) is 5.42. The zero-order valence-corrected chi connectivity index (χ0v) is 12.2. The number of rotatable bonds is 6. The SMILES string of the molecule is CCCC(Nc1ncnc(N)c1CC)c1cccs1. The second kappa shape index (κ2) is 6.52. The van der Waals surface area contributed by atoms with Gasteiger partial charge in [0.25, 0.3) is 0 Å². The average Bonchev–Trinajstić information content (AvgIpc) is 2.92. The Morgan fingerprint density at radius 3 is 2.84 bits per heavy atom. The number of nitrogens with one attached hydrogen (secondary N) is 1. The van der Waals surface area contributed by atoms with Gasteiger partial charge in [0, 0.05) is 10.4 Å². The van der Waals surface area contributed by atoms with Crippen LogP contribution in [0.25, 0.3) is 0 Å². The van der Waals surface area contributed by atoms with Gasteiger partial charge in [-0.25, -0.2) is 9.97 Å². The molecular weight excluding hydrogens is 256 g/mol. The van der Waals surface area contributed by atoms with Gasteiger partial charge in [0.05, 0.1) is 6.04 Å². The average molecular weight is 276 g/mol. The van der Waals surface area contributed by atoms with Gasteiger partial charge in [0.1, 0.15) is 18.0 Å². The third kappa shape index (κ3) is 3.23. The van der Waals surface area contributed by atoms with E-state index in [9.17, 15) is 0 Å². The fourth-order valence-corrected chi connectivity index (χ4v) is 2.94. The van der Waals surface area contributed by atoms with E-state index < -0.39 is 0 Å². The van der Waals surface area contributed by atoms with Crippen LogP contribution < -0.4 is 11.1 Å². The lowest BCUT2D eigenvalue weighted by Crippen LogP contribution is -2.13. The number of hydrogen-bond donors (Lipinski definition) is 2. The van der Waals surface area contributed by atoms with Crippen molar-refractivity contribution >= 4 is 23.0 Å². The van der Waals surface area contributed by atoms with Crippen molar-refractivity contribution in [3.8, 4) is 0 Å². The van der Waals surface area contributed by atoms with Gasteiger partial charge >= 0.3 is 0 Å². The molecule has 5 heteroatoms. The van der Waals surface area contributed by atoms with Crippen LogP contribution in [0.2, 0.25) is 0 Å². The zero-order chi connectivity index (χ0) is 13.7. The highest BCUT2D eigenvalue weighted by atomic mass is 32.1. The Morgan fingerprint density at radius 2 is 2.21 bits per heavy atom. The summed E-state index contributed by atoms with van der Waals surface area (Å²) >= 11 is 1.77. The molecule has 102 valence electrons. The van der Waals surface area contributed by atoms with Crippen molar-refractivity contribution in [1.29, 1.82) is 0 Å². The molecule has 2 aromatic rings. The Balaban J connectivity index is 2.24. The first-order chi connectivity index (χ1) is 9.26. The first kappa shape index (κ1) is 13.8. The molecule has 0 saturated carbocycles. The predicted octanol–water partition coefficient (Wildman–Crippen LogP) is 3.64. The summed E-state index contributed by atoms with van der Waals surface area (Å²) in [6.45, 7) is 4.26. The minimum absolute atomic E-state index is 0.296. The predicted molar refractivity (Wildman–Crippen MR) is 81.4 cm³/mol. The van der Waals surface area contributed by atoms with Gasteiger partial charge in [0.2, 0.25) is 0 Å². The molecule has 0 spiro atoms. The lowest BCUT2D eigenvalue weighted by molar-refractivity contribution is 0.683. The standard InChI is InChI=1S/C14H20N4S/c1-3-6-11(12-7-5-8-19-12)18-14-10(4-2)13(15)16-9-17-14/h5,7-9,11H,3-4,6H2,1-2H3,(H3,15,16,17,18). The van der Waals surface area contributed by atoms with Crippen LogP contribution in [0.4, 0.5) is 11.6 Å². The molecule has 3 N–H and O–H groups in total. The smallest absolute Gasteiger partial charge is 0.135 e. The molecule has 2 rings (SSSR count). The van der Waals surface area contributed by atoms with Crippen molar-refractivity contribution in [2.45, 2.75) is 39.2 Å². The van der Waals surface area contributed by atoms with E-state index in [-0.39, 0.29) is 0 Å². The molecule has 0 saturated heterocycles. The fourth-order valence-electron chi connectivity index (χ4n) is 2.13. The molecule has 0 bridgehead atoms. The van der Waals surface area contributed by atoms with Gasteiger partial charge in [-0.15, -0.1) is 11.3 Å². The van der Waals surface area contributed by atoms with E-state index in [4.69, 9.17) is 5.73 Å². The number of anilines is 2. The van der Waals surface area contributed by atoms with E-state index in [2.05, 4.69) is 46.6 Å². The van der Waals surface area contributed by atoms with Crippen LogP contribution >= 0.6 is 11.3 Å². The molecule has 0 aliphatic heterocycles. The van der Waals surface area contributed by atoms with E-state index in [0.29, 0.717) is 11.9 Å². The quantitative estimate of drug-likeness (QED) is 0.845. The Labute approximate surface area is 118 Å². The van der Waals surface area contributed by atoms with Crippen molar-refractivity contribution in [3.63, 3.8) is 0 Å². The molecule has 0 aromatic carbocycles. The van der Waals surface area contributed by atoms with Crippen molar-refractivity contribution in [1.82, 2.24) is 9.97 Å². The van der Waals surface area contributed by atoms with Crippen molar-refractivity contribution in [2.24, 2.45) is 0 Å². The van der Waals surface area contributed by atoms with E-state index in [1.165, 1.54) is 11.2 Å². The van der Waals surface area contributed by atoms with Crippen molar-refractivity contribution in [3.05, 3.63) is 34.3 Å². The Bertz CT molecular complexity index is 510. The molecule has 1 atom stereocenters. The van der Waals surface area contributed by atoms with E-state index in [0.717, 1.165) is 30.6 Å². The molecule has 2 heterocycles. The van der Waals surface area contributed by atoms with Gasteiger partial charge in [-0.2, -0.15) is 0 Å². The van der Waals surface area contributed by atoms with Crippen molar-refractivity contribution < 1.29 is 0 Å². The largest absolute Gasteiger partial charge is 0.383 e. The highest BCUT2D eigenvalue weighted by Gasteiger charge is 2.15. The number of nitrogens with zero attached hydrogens (tertiary/aromatic N) is 2. The molecule has 19 heavy (non-hydrogen) atoms. The summed E-state index contributed by atoms with van der Waals surface area (Å²) in [5, 5.41) is 5.63. The zero-order valence-electron chi connectivity index (χ0n) is 11.4. The molecule has 1 unspecified atom stereocenters. The third-order valence-electron chi connectivity index (χ3n) is 3.11. The van der Waals surface area contributed by atoms with Crippen LogP contribution in [0.3, 0.4) is 0 Å². The summed E-state index contributed by atoms with van der Waals surface area (Å²) in [5.74, 6) is 1.43. The first-order valence-electron chi connectivity index (χ1n) is 6.65. The monoisotopic (exact) mass is 276 g/mol. The molecule has 0 radical (unpaired) electrons. The maximum Gasteiger partial charge on any atom is 0.135 e. The highest BCUT2D eigenvalue weighted by Crippen LogP contribution is 2.29. The van der Waals surface area contributed by atoms with Crippen LogP contribution in [0.5, 0.6) is 0 Å². The van der Waals surface area contributed by atoms with Gasteiger partial charge < -0.3 is 11.1 Å². The van der Waals surface area contributed by atoms with E-state index >= 15 is 0 Å². The fraction of sp³-hybridized carbons (Fsp3) is 0.429. The molecular formula is C14H20N4S. The van der Waals surface area contributed by atoms with Crippen molar-refractivity contribution in [2.75, 3.05) is 11.1 Å². The lowest BCUT2D eigenvalue weighted by atomic mass is 10.1. The minimum atomic E-state index is 0.296. The highest BCUT2D eigenvalue weighted by molar-refractivity contribution is 7.10. The molecule has 0 amide bonds. The normalized spacial score (nSPS) is 12.3. The van der Waals surface area contributed by atoms with E-state index in [1.807, 2.05) is 0 Å². The summed E-state index contributed by atoms with van der Waals surface area (Å²) in [7, 11) is 0. The summed E-state index contributed by atoms with van der Waals surface area (Å²) in [6.07, 6.45) is 4.55. The second-order valence-electron chi connectivity index (χ2n) is 4.44. The Kier molecular flexibility index (Phi) is 4.74. The third-order valence-corrected chi connectivity index (χ3v) is 4.09. The molecule has 0 fully saturated rings.